The number of piperazine rings is 1. The second-order valence-electron chi connectivity index (χ2n) is 7.38. The minimum absolute atomic E-state index is 0.179. The smallest absolute Gasteiger partial charge is 0.367 e. The lowest BCUT2D eigenvalue weighted by molar-refractivity contribution is -0.137. The predicted molar refractivity (Wildman–Crippen MR) is 119 cm³/mol. The topological polar surface area (TPSA) is 86.3 Å². The van der Waals surface area contributed by atoms with Crippen LogP contribution in [0.3, 0.4) is 0 Å². The Bertz CT molecular complexity index is 1130. The van der Waals surface area contributed by atoms with E-state index < -0.39 is 11.7 Å². The van der Waals surface area contributed by atoms with Crippen LogP contribution in [0.2, 0.25) is 0 Å². The van der Waals surface area contributed by atoms with Crippen LogP contribution in [-0.2, 0) is 6.18 Å². The Hall–Kier alpha value is -3.89. The Morgan fingerprint density at radius 2 is 1.70 bits per heavy atom. The number of para-hydroxylation sites is 1. The molecule has 8 nitrogen and oxygen atoms in total. The van der Waals surface area contributed by atoms with Crippen LogP contribution in [0.1, 0.15) is 15.9 Å². The third kappa shape index (κ3) is 5.13. The lowest BCUT2D eigenvalue weighted by Crippen LogP contribution is -2.47. The summed E-state index contributed by atoms with van der Waals surface area (Å²) in [7, 11) is 1.56. The molecule has 0 aliphatic carbocycles. The highest BCUT2D eigenvalue weighted by Crippen LogP contribution is 2.36. The van der Waals surface area contributed by atoms with Gasteiger partial charge >= 0.3 is 6.18 Å². The molecule has 1 aliphatic rings. The van der Waals surface area contributed by atoms with Gasteiger partial charge in [0.15, 0.2) is 0 Å². The van der Waals surface area contributed by atoms with Crippen LogP contribution in [0.5, 0.6) is 0 Å². The molecule has 0 atom stereocenters. The number of anilines is 4. The van der Waals surface area contributed by atoms with E-state index >= 15 is 0 Å². The van der Waals surface area contributed by atoms with Gasteiger partial charge in [-0.1, -0.05) is 18.2 Å². The van der Waals surface area contributed by atoms with Crippen LogP contribution in [0.15, 0.2) is 54.9 Å². The number of hydrogen-bond acceptors (Lipinski definition) is 7. The molecule has 1 aromatic heterocycles. The van der Waals surface area contributed by atoms with Crippen LogP contribution in [-0.4, -0.2) is 54.1 Å². The summed E-state index contributed by atoms with van der Waals surface area (Å²) in [6.07, 6.45) is -3.03. The summed E-state index contributed by atoms with van der Waals surface area (Å²) in [4.78, 5) is 28.2. The molecule has 11 heteroatoms. The Kier molecular flexibility index (Phi) is 6.29. The fourth-order valence-electron chi connectivity index (χ4n) is 3.65. The Balaban J connectivity index is 1.44. The predicted octanol–water partition coefficient (Wildman–Crippen LogP) is 3.32. The zero-order chi connectivity index (χ0) is 23.4. The van der Waals surface area contributed by atoms with Crippen molar-refractivity contribution in [2.24, 2.45) is 0 Å². The zero-order valence-electron chi connectivity index (χ0n) is 17.8. The number of hydrogen-bond donors (Lipinski definition) is 2. The molecule has 2 heterocycles. The molecule has 4 rings (SSSR count). The number of benzene rings is 2. The molecule has 172 valence electrons. The number of rotatable bonds is 5. The van der Waals surface area contributed by atoms with Crippen LogP contribution in [0.25, 0.3) is 0 Å². The summed E-state index contributed by atoms with van der Waals surface area (Å²) in [6, 6.07) is 12.5. The van der Waals surface area contributed by atoms with Gasteiger partial charge in [0.1, 0.15) is 6.33 Å². The molecule has 2 aromatic carbocycles. The number of nitrogens with zero attached hydrogens (tertiary/aromatic N) is 5. The maximum atomic E-state index is 13.4. The van der Waals surface area contributed by atoms with Crippen molar-refractivity contribution in [2.75, 3.05) is 48.3 Å². The highest BCUT2D eigenvalue weighted by atomic mass is 19.4. The molecule has 2 N–H and O–H groups in total. The molecule has 1 saturated heterocycles. The van der Waals surface area contributed by atoms with Crippen molar-refractivity contribution in [1.29, 1.82) is 0 Å². The summed E-state index contributed by atoms with van der Waals surface area (Å²) >= 11 is 0. The first-order chi connectivity index (χ1) is 15.8. The van der Waals surface area contributed by atoms with E-state index in [-0.39, 0.29) is 11.6 Å². The van der Waals surface area contributed by atoms with Crippen molar-refractivity contribution in [3.8, 4) is 0 Å². The molecule has 0 saturated carbocycles. The minimum Gasteiger partial charge on any atom is -0.367 e. The quantitative estimate of drug-likeness (QED) is 0.608. The number of amides is 1. The van der Waals surface area contributed by atoms with E-state index in [4.69, 9.17) is 0 Å². The van der Waals surface area contributed by atoms with E-state index in [1.165, 1.54) is 18.5 Å². The van der Waals surface area contributed by atoms with Gasteiger partial charge in [0, 0.05) is 50.2 Å². The summed E-state index contributed by atoms with van der Waals surface area (Å²) < 4.78 is 40.1. The average molecular weight is 457 g/mol. The molecule has 1 aliphatic heterocycles. The molecule has 0 bridgehead atoms. The first-order valence-corrected chi connectivity index (χ1v) is 10.3. The van der Waals surface area contributed by atoms with Gasteiger partial charge in [0.2, 0.25) is 11.9 Å². The molecule has 33 heavy (non-hydrogen) atoms. The largest absolute Gasteiger partial charge is 0.418 e. The Morgan fingerprint density at radius 1 is 0.970 bits per heavy atom. The molecule has 1 amide bonds. The van der Waals surface area contributed by atoms with Crippen molar-refractivity contribution < 1.29 is 18.0 Å². The van der Waals surface area contributed by atoms with Crippen molar-refractivity contribution in [3.63, 3.8) is 0 Å². The number of aromatic nitrogens is 3. The summed E-state index contributed by atoms with van der Waals surface area (Å²) in [5, 5.41) is 5.63. The second kappa shape index (κ2) is 9.31. The first-order valence-electron chi connectivity index (χ1n) is 10.3. The van der Waals surface area contributed by atoms with Crippen LogP contribution in [0, 0.1) is 0 Å². The number of alkyl halides is 3. The van der Waals surface area contributed by atoms with Gasteiger partial charge in [-0.3, -0.25) is 4.79 Å². The van der Waals surface area contributed by atoms with Crippen LogP contribution >= 0.6 is 0 Å². The summed E-state index contributed by atoms with van der Waals surface area (Å²) in [5.74, 6) is 0.526. The number of carbonyl (C=O) groups is 1. The number of carbonyl (C=O) groups excluding carboxylic acids is 1. The lowest BCUT2D eigenvalue weighted by Gasteiger charge is -2.37. The van der Waals surface area contributed by atoms with E-state index in [1.54, 1.807) is 42.3 Å². The van der Waals surface area contributed by atoms with Gasteiger partial charge < -0.3 is 20.4 Å². The van der Waals surface area contributed by atoms with E-state index in [0.717, 1.165) is 6.07 Å². The van der Waals surface area contributed by atoms with Crippen molar-refractivity contribution in [3.05, 3.63) is 66.0 Å². The molecule has 0 radical (unpaired) electrons. The summed E-state index contributed by atoms with van der Waals surface area (Å²) in [6.45, 7) is 1.72. The monoisotopic (exact) mass is 457 g/mol. The third-order valence-corrected chi connectivity index (χ3v) is 5.28. The van der Waals surface area contributed by atoms with Crippen LogP contribution < -0.4 is 20.4 Å². The normalized spacial score (nSPS) is 14.2. The molecule has 1 fully saturated rings. The molecular weight excluding hydrogens is 435 g/mol. The van der Waals surface area contributed by atoms with Crippen molar-refractivity contribution in [2.45, 2.75) is 6.18 Å². The Labute approximate surface area is 188 Å². The lowest BCUT2D eigenvalue weighted by atomic mass is 10.1. The highest BCUT2D eigenvalue weighted by Gasteiger charge is 2.35. The van der Waals surface area contributed by atoms with Gasteiger partial charge in [-0.15, -0.1) is 0 Å². The van der Waals surface area contributed by atoms with Crippen LogP contribution in [0.4, 0.5) is 36.4 Å². The first kappa shape index (κ1) is 22.3. The molecular formula is C22H22F3N7O. The van der Waals surface area contributed by atoms with E-state index in [9.17, 15) is 18.0 Å². The SMILES string of the molecule is CNC(=O)c1cccc(Nc2ncnc(N3CCN(c4ccccc4C(F)(F)F)CC3)n2)c1. The van der Waals surface area contributed by atoms with Gasteiger partial charge in [-0.05, 0) is 30.3 Å². The fourth-order valence-corrected chi connectivity index (χ4v) is 3.65. The van der Waals surface area contributed by atoms with E-state index in [2.05, 4.69) is 25.6 Å². The minimum atomic E-state index is -4.41. The Morgan fingerprint density at radius 3 is 2.42 bits per heavy atom. The third-order valence-electron chi connectivity index (χ3n) is 5.28. The average Bonchev–Trinajstić information content (AvgIpc) is 2.83. The van der Waals surface area contributed by atoms with Gasteiger partial charge in [-0.25, -0.2) is 9.97 Å². The maximum absolute atomic E-state index is 13.4. The van der Waals surface area contributed by atoms with Crippen molar-refractivity contribution in [1.82, 2.24) is 20.3 Å². The van der Waals surface area contributed by atoms with E-state index in [1.807, 2.05) is 4.90 Å². The fraction of sp³-hybridized carbons (Fsp3) is 0.273. The molecule has 0 unspecified atom stereocenters. The van der Waals surface area contributed by atoms with Gasteiger partial charge in [0.05, 0.1) is 5.56 Å². The maximum Gasteiger partial charge on any atom is 0.418 e. The zero-order valence-corrected chi connectivity index (χ0v) is 17.8. The molecule has 3 aromatic rings. The second-order valence-corrected chi connectivity index (χ2v) is 7.38. The highest BCUT2D eigenvalue weighted by molar-refractivity contribution is 5.95. The van der Waals surface area contributed by atoms with Gasteiger partial charge in [-0.2, -0.15) is 18.2 Å². The van der Waals surface area contributed by atoms with Crippen molar-refractivity contribution >= 4 is 29.2 Å². The summed E-state index contributed by atoms with van der Waals surface area (Å²) in [5.41, 5.74) is 0.677. The number of nitrogens with one attached hydrogen (secondary N) is 2. The number of halogens is 3. The standard InChI is InChI=1S/C22H22F3N7O/c1-26-19(33)15-5-4-6-16(13-15)29-20-27-14-28-21(30-20)32-11-9-31(10-12-32)18-8-3-2-7-17(18)22(23,24)25/h2-8,13-14H,9-12H2,1H3,(H,26,33)(H,27,28,29,30). The molecule has 0 spiro atoms. The van der Waals surface area contributed by atoms with E-state index in [0.29, 0.717) is 49.3 Å². The van der Waals surface area contributed by atoms with Gasteiger partial charge in [0.25, 0.3) is 5.91 Å².